The maximum absolute atomic E-state index is 6.31. The van der Waals surface area contributed by atoms with Gasteiger partial charge in [-0.15, -0.1) is 0 Å². The van der Waals surface area contributed by atoms with Crippen LogP contribution in [0.5, 0.6) is 0 Å². The monoisotopic (exact) mass is 275 g/mol. The summed E-state index contributed by atoms with van der Waals surface area (Å²) in [5.74, 6) is 0.706. The summed E-state index contributed by atoms with van der Waals surface area (Å²) in [6.45, 7) is 5.44. The first-order chi connectivity index (χ1) is 9.65. The molecule has 1 aromatic carbocycles. The Morgan fingerprint density at radius 2 is 1.95 bits per heavy atom. The molecule has 0 spiro atoms. The number of hydrogen-bond acceptors (Lipinski definition) is 2. The van der Waals surface area contributed by atoms with Crippen molar-refractivity contribution >= 4 is 0 Å². The molecule has 112 valence electrons. The van der Waals surface area contributed by atoms with Gasteiger partial charge < -0.3 is 10.5 Å². The molecule has 1 saturated heterocycles. The highest BCUT2D eigenvalue weighted by Gasteiger charge is 2.15. The summed E-state index contributed by atoms with van der Waals surface area (Å²) in [6, 6.07) is 9.00. The Kier molecular flexibility index (Phi) is 6.06. The fourth-order valence-corrected chi connectivity index (χ4v) is 2.94. The van der Waals surface area contributed by atoms with Gasteiger partial charge in [0.1, 0.15) is 0 Å². The summed E-state index contributed by atoms with van der Waals surface area (Å²) in [4.78, 5) is 0. The summed E-state index contributed by atoms with van der Waals surface area (Å²) in [7, 11) is 0. The predicted octanol–water partition coefficient (Wildman–Crippen LogP) is 4.23. The summed E-state index contributed by atoms with van der Waals surface area (Å²) in [6.07, 6.45) is 7.44. The lowest BCUT2D eigenvalue weighted by Gasteiger charge is -2.24. The molecule has 1 fully saturated rings. The molecule has 2 N–H and O–H groups in total. The van der Waals surface area contributed by atoms with E-state index in [4.69, 9.17) is 10.5 Å². The normalized spacial score (nSPS) is 21.1. The molecule has 1 aromatic rings. The zero-order valence-electron chi connectivity index (χ0n) is 13.0. The van der Waals surface area contributed by atoms with Gasteiger partial charge in [-0.2, -0.15) is 0 Å². The zero-order chi connectivity index (χ0) is 14.4. The van der Waals surface area contributed by atoms with E-state index in [2.05, 4.69) is 38.1 Å². The van der Waals surface area contributed by atoms with E-state index >= 15 is 0 Å². The van der Waals surface area contributed by atoms with Crippen LogP contribution in [-0.2, 0) is 11.2 Å². The fourth-order valence-electron chi connectivity index (χ4n) is 2.94. The van der Waals surface area contributed by atoms with Crippen LogP contribution in [0.2, 0.25) is 0 Å². The van der Waals surface area contributed by atoms with Gasteiger partial charge in [0.25, 0.3) is 0 Å². The van der Waals surface area contributed by atoms with Gasteiger partial charge in [-0.1, -0.05) is 38.1 Å². The molecule has 0 aromatic heterocycles. The van der Waals surface area contributed by atoms with Gasteiger partial charge in [0.2, 0.25) is 0 Å². The second-order valence-corrected chi connectivity index (χ2v) is 6.51. The van der Waals surface area contributed by atoms with Gasteiger partial charge in [-0.3, -0.25) is 0 Å². The number of rotatable bonds is 6. The van der Waals surface area contributed by atoms with Crippen LogP contribution in [0, 0.1) is 5.92 Å². The van der Waals surface area contributed by atoms with Gasteiger partial charge in [0.15, 0.2) is 0 Å². The van der Waals surface area contributed by atoms with Crippen LogP contribution in [0.3, 0.4) is 0 Å². The number of benzene rings is 1. The van der Waals surface area contributed by atoms with Crippen LogP contribution < -0.4 is 5.73 Å². The summed E-state index contributed by atoms with van der Waals surface area (Å²) >= 11 is 0. The molecule has 20 heavy (non-hydrogen) atoms. The average Bonchev–Trinajstić information content (AvgIpc) is 2.46. The minimum Gasteiger partial charge on any atom is -0.378 e. The van der Waals surface area contributed by atoms with Crippen molar-refractivity contribution in [2.75, 3.05) is 6.61 Å². The maximum atomic E-state index is 6.31. The first kappa shape index (κ1) is 15.5. The molecule has 2 rings (SSSR count). The van der Waals surface area contributed by atoms with Crippen LogP contribution in [0.1, 0.15) is 63.1 Å². The van der Waals surface area contributed by atoms with Crippen molar-refractivity contribution in [1.82, 2.24) is 0 Å². The highest BCUT2D eigenvalue weighted by atomic mass is 16.5. The minimum absolute atomic E-state index is 0.147. The molecule has 0 aliphatic carbocycles. The molecule has 1 heterocycles. The molecule has 0 bridgehead atoms. The quantitative estimate of drug-likeness (QED) is 0.843. The van der Waals surface area contributed by atoms with E-state index in [1.54, 1.807) is 0 Å². The number of ether oxygens (including phenoxy) is 1. The second kappa shape index (κ2) is 7.80. The van der Waals surface area contributed by atoms with Crippen LogP contribution in [0.25, 0.3) is 0 Å². The highest BCUT2D eigenvalue weighted by molar-refractivity contribution is 5.25. The van der Waals surface area contributed by atoms with Crippen molar-refractivity contribution in [2.45, 2.75) is 64.5 Å². The van der Waals surface area contributed by atoms with Crippen molar-refractivity contribution in [2.24, 2.45) is 11.7 Å². The molecular weight excluding hydrogens is 246 g/mol. The SMILES string of the molecule is CC(C)Cc1ccc(C(N)CCC2CCCCO2)cc1. The van der Waals surface area contributed by atoms with Gasteiger partial charge >= 0.3 is 0 Å². The van der Waals surface area contributed by atoms with Crippen molar-refractivity contribution in [1.29, 1.82) is 0 Å². The van der Waals surface area contributed by atoms with E-state index in [-0.39, 0.29) is 6.04 Å². The number of hydrogen-bond donors (Lipinski definition) is 1. The Balaban J connectivity index is 1.80. The van der Waals surface area contributed by atoms with Gasteiger partial charge in [-0.25, -0.2) is 0 Å². The molecule has 2 atom stereocenters. The molecule has 0 amide bonds. The van der Waals surface area contributed by atoms with Crippen molar-refractivity contribution < 1.29 is 4.74 Å². The third-order valence-corrected chi connectivity index (χ3v) is 4.13. The Morgan fingerprint density at radius 1 is 1.20 bits per heavy atom. The highest BCUT2D eigenvalue weighted by Crippen LogP contribution is 2.23. The Morgan fingerprint density at radius 3 is 2.55 bits per heavy atom. The molecule has 1 aliphatic heterocycles. The van der Waals surface area contributed by atoms with E-state index in [9.17, 15) is 0 Å². The standard InChI is InChI=1S/C18H29NO/c1-14(2)13-15-6-8-16(9-7-15)18(19)11-10-17-5-3-4-12-20-17/h6-9,14,17-18H,3-5,10-13,19H2,1-2H3. The van der Waals surface area contributed by atoms with Crippen LogP contribution in [0.4, 0.5) is 0 Å². The second-order valence-electron chi connectivity index (χ2n) is 6.51. The van der Waals surface area contributed by atoms with E-state index in [0.717, 1.165) is 25.9 Å². The lowest BCUT2D eigenvalue weighted by Crippen LogP contribution is -2.21. The third-order valence-electron chi connectivity index (χ3n) is 4.13. The van der Waals surface area contributed by atoms with Gasteiger partial charge in [-0.05, 0) is 55.6 Å². The zero-order valence-corrected chi connectivity index (χ0v) is 13.0. The Hall–Kier alpha value is -0.860. The number of nitrogens with two attached hydrogens (primary N) is 1. The van der Waals surface area contributed by atoms with Crippen LogP contribution >= 0.6 is 0 Å². The topological polar surface area (TPSA) is 35.2 Å². The summed E-state index contributed by atoms with van der Waals surface area (Å²) in [5, 5.41) is 0. The molecule has 2 nitrogen and oxygen atoms in total. The smallest absolute Gasteiger partial charge is 0.0575 e. The Bertz CT molecular complexity index is 379. The van der Waals surface area contributed by atoms with Crippen molar-refractivity contribution in [3.8, 4) is 0 Å². The lowest BCUT2D eigenvalue weighted by atomic mass is 9.96. The van der Waals surface area contributed by atoms with Gasteiger partial charge in [0.05, 0.1) is 6.10 Å². The van der Waals surface area contributed by atoms with E-state index in [1.165, 1.54) is 30.4 Å². The molecule has 1 aliphatic rings. The molecular formula is C18H29NO. The lowest BCUT2D eigenvalue weighted by molar-refractivity contribution is 0.00912. The maximum Gasteiger partial charge on any atom is 0.0575 e. The molecule has 0 radical (unpaired) electrons. The summed E-state index contributed by atoms with van der Waals surface area (Å²) in [5.41, 5.74) is 8.97. The van der Waals surface area contributed by atoms with Gasteiger partial charge in [0, 0.05) is 12.6 Å². The van der Waals surface area contributed by atoms with Crippen molar-refractivity contribution in [3.63, 3.8) is 0 Å². The molecule has 2 heteroatoms. The Labute approximate surface area is 123 Å². The summed E-state index contributed by atoms with van der Waals surface area (Å²) < 4.78 is 5.77. The first-order valence-corrected chi connectivity index (χ1v) is 8.11. The minimum atomic E-state index is 0.147. The van der Waals surface area contributed by atoms with Crippen LogP contribution in [-0.4, -0.2) is 12.7 Å². The fraction of sp³-hybridized carbons (Fsp3) is 0.667. The largest absolute Gasteiger partial charge is 0.378 e. The van der Waals surface area contributed by atoms with Crippen molar-refractivity contribution in [3.05, 3.63) is 35.4 Å². The van der Waals surface area contributed by atoms with E-state index in [0.29, 0.717) is 12.0 Å². The molecule has 0 saturated carbocycles. The third kappa shape index (κ3) is 4.92. The molecule has 2 unspecified atom stereocenters. The van der Waals surface area contributed by atoms with Crippen LogP contribution in [0.15, 0.2) is 24.3 Å². The average molecular weight is 275 g/mol. The first-order valence-electron chi connectivity index (χ1n) is 8.11. The predicted molar refractivity (Wildman–Crippen MR) is 84.7 cm³/mol. The van der Waals surface area contributed by atoms with E-state index < -0.39 is 0 Å². The van der Waals surface area contributed by atoms with E-state index in [1.807, 2.05) is 0 Å².